The van der Waals surface area contributed by atoms with Crippen molar-refractivity contribution in [1.82, 2.24) is 9.88 Å². The summed E-state index contributed by atoms with van der Waals surface area (Å²) in [4.78, 5) is 18.9. The van der Waals surface area contributed by atoms with Gasteiger partial charge in [0.15, 0.2) is 0 Å². The van der Waals surface area contributed by atoms with Gasteiger partial charge in [-0.15, -0.1) is 0 Å². The van der Waals surface area contributed by atoms with Crippen LogP contribution in [0.5, 0.6) is 0 Å². The molecule has 0 bridgehead atoms. The van der Waals surface area contributed by atoms with Gasteiger partial charge in [-0.05, 0) is 35.2 Å². The highest BCUT2D eigenvalue weighted by molar-refractivity contribution is 5.94. The first-order valence-electron chi connectivity index (χ1n) is 9.16. The lowest BCUT2D eigenvalue weighted by atomic mass is 10.0. The minimum atomic E-state index is -0.0264. The number of benzene rings is 2. The quantitative estimate of drug-likeness (QED) is 0.656. The number of para-hydroxylation sites is 1. The lowest BCUT2D eigenvalue weighted by molar-refractivity contribution is 0.0785. The molecular formula is C23H25N3O. The normalized spacial score (nSPS) is 10.7. The topological polar surface area (TPSA) is 45.2 Å². The summed E-state index contributed by atoms with van der Waals surface area (Å²) in [6.45, 7) is 4.89. The maximum atomic E-state index is 12.8. The Kier molecular flexibility index (Phi) is 5.87. The third kappa shape index (κ3) is 4.73. The predicted octanol–water partition coefficient (Wildman–Crippen LogP) is 5.22. The zero-order valence-electron chi connectivity index (χ0n) is 16.0. The molecule has 0 unspecified atom stereocenters. The Balaban J connectivity index is 1.76. The van der Waals surface area contributed by atoms with Gasteiger partial charge in [-0.3, -0.25) is 4.79 Å². The van der Waals surface area contributed by atoms with Gasteiger partial charge in [0.25, 0.3) is 5.91 Å². The van der Waals surface area contributed by atoms with Gasteiger partial charge in [-0.1, -0.05) is 62.4 Å². The van der Waals surface area contributed by atoms with Gasteiger partial charge in [0, 0.05) is 31.0 Å². The number of rotatable bonds is 6. The number of aromatic nitrogens is 1. The number of nitrogens with one attached hydrogen (secondary N) is 1. The minimum absolute atomic E-state index is 0.0264. The fraction of sp³-hybridized carbons (Fsp3) is 0.217. The maximum absolute atomic E-state index is 12.8. The smallest absolute Gasteiger partial charge is 0.254 e. The van der Waals surface area contributed by atoms with E-state index < -0.39 is 0 Å². The number of carbonyl (C=O) groups excluding carboxylic acids is 1. The summed E-state index contributed by atoms with van der Waals surface area (Å²) < 4.78 is 0. The second-order valence-corrected chi connectivity index (χ2v) is 6.94. The Morgan fingerprint density at radius 2 is 1.74 bits per heavy atom. The van der Waals surface area contributed by atoms with Crippen LogP contribution in [0.1, 0.15) is 41.3 Å². The van der Waals surface area contributed by atoms with Crippen LogP contribution in [0.15, 0.2) is 72.9 Å². The van der Waals surface area contributed by atoms with Crippen molar-refractivity contribution in [3.05, 3.63) is 89.6 Å². The van der Waals surface area contributed by atoms with Crippen LogP contribution >= 0.6 is 0 Å². The van der Waals surface area contributed by atoms with Crippen LogP contribution in [-0.4, -0.2) is 22.8 Å². The largest absolute Gasteiger partial charge is 0.340 e. The van der Waals surface area contributed by atoms with Crippen molar-refractivity contribution >= 4 is 17.4 Å². The molecule has 0 saturated carbocycles. The number of anilines is 2. The van der Waals surface area contributed by atoms with Gasteiger partial charge in [-0.25, -0.2) is 4.98 Å². The van der Waals surface area contributed by atoms with Crippen molar-refractivity contribution < 1.29 is 4.79 Å². The molecule has 3 rings (SSSR count). The van der Waals surface area contributed by atoms with Gasteiger partial charge < -0.3 is 10.2 Å². The summed E-state index contributed by atoms with van der Waals surface area (Å²) in [5.41, 5.74) is 3.96. The van der Waals surface area contributed by atoms with Crippen molar-refractivity contribution in [3.63, 3.8) is 0 Å². The predicted molar refractivity (Wildman–Crippen MR) is 110 cm³/mol. The summed E-state index contributed by atoms with van der Waals surface area (Å²) in [7, 11) is 1.82. The Morgan fingerprint density at radius 3 is 2.48 bits per heavy atom. The molecule has 138 valence electrons. The molecule has 1 amide bonds. The highest BCUT2D eigenvalue weighted by atomic mass is 16.2. The van der Waals surface area contributed by atoms with Crippen LogP contribution in [0.25, 0.3) is 0 Å². The third-order valence-corrected chi connectivity index (χ3v) is 4.46. The van der Waals surface area contributed by atoms with Crippen LogP contribution in [0.2, 0.25) is 0 Å². The van der Waals surface area contributed by atoms with Crippen LogP contribution in [0, 0.1) is 0 Å². The fourth-order valence-corrected chi connectivity index (χ4v) is 3.03. The molecular weight excluding hydrogens is 334 g/mol. The van der Waals surface area contributed by atoms with Gasteiger partial charge in [0.1, 0.15) is 5.82 Å². The molecule has 1 aromatic heterocycles. The molecule has 0 atom stereocenters. The molecule has 1 N–H and O–H groups in total. The maximum Gasteiger partial charge on any atom is 0.254 e. The molecule has 2 aromatic carbocycles. The van der Waals surface area contributed by atoms with E-state index in [4.69, 9.17) is 0 Å². The molecule has 3 aromatic rings. The third-order valence-electron chi connectivity index (χ3n) is 4.46. The second-order valence-electron chi connectivity index (χ2n) is 6.94. The highest BCUT2D eigenvalue weighted by Gasteiger charge is 2.14. The first kappa shape index (κ1) is 18.6. The zero-order chi connectivity index (χ0) is 19.2. The van der Waals surface area contributed by atoms with E-state index in [9.17, 15) is 4.79 Å². The van der Waals surface area contributed by atoms with Crippen molar-refractivity contribution in [1.29, 1.82) is 0 Å². The standard InChI is InChI=1S/C23H25N3O/c1-17(2)20-11-7-8-12-21(20)25-22-15-19(13-14-24-22)23(27)26(3)16-18-9-5-4-6-10-18/h4-15,17H,16H2,1-3H3,(H,24,25). The number of hydrogen-bond acceptors (Lipinski definition) is 3. The van der Waals surface area contributed by atoms with E-state index in [1.807, 2.05) is 55.6 Å². The molecule has 0 saturated heterocycles. The molecule has 4 nitrogen and oxygen atoms in total. The Morgan fingerprint density at radius 1 is 1.04 bits per heavy atom. The summed E-state index contributed by atoms with van der Waals surface area (Å²) in [5, 5.41) is 3.36. The summed E-state index contributed by atoms with van der Waals surface area (Å²) in [6, 6.07) is 21.7. The molecule has 0 radical (unpaired) electrons. The second kappa shape index (κ2) is 8.49. The van der Waals surface area contributed by atoms with E-state index >= 15 is 0 Å². The van der Waals surface area contributed by atoms with Crippen LogP contribution in [0.3, 0.4) is 0 Å². The van der Waals surface area contributed by atoms with Crippen molar-refractivity contribution in [2.75, 3.05) is 12.4 Å². The van der Waals surface area contributed by atoms with Gasteiger partial charge >= 0.3 is 0 Å². The number of carbonyl (C=O) groups is 1. The van der Waals surface area contributed by atoms with E-state index in [1.165, 1.54) is 5.56 Å². The monoisotopic (exact) mass is 359 g/mol. The Bertz CT molecular complexity index is 906. The lowest BCUT2D eigenvalue weighted by Crippen LogP contribution is -2.26. The Hall–Kier alpha value is -3.14. The molecule has 0 fully saturated rings. The van der Waals surface area contributed by atoms with E-state index in [2.05, 4.69) is 30.2 Å². The molecule has 0 spiro atoms. The van der Waals surface area contributed by atoms with Crippen LogP contribution in [-0.2, 0) is 6.54 Å². The van der Waals surface area contributed by atoms with E-state index in [-0.39, 0.29) is 5.91 Å². The first-order valence-corrected chi connectivity index (χ1v) is 9.16. The van der Waals surface area contributed by atoms with Crippen molar-refractivity contribution in [2.24, 2.45) is 0 Å². The average molecular weight is 359 g/mol. The Labute approximate surface area is 160 Å². The number of amides is 1. The number of hydrogen-bond donors (Lipinski definition) is 1. The van der Waals surface area contributed by atoms with Gasteiger partial charge in [-0.2, -0.15) is 0 Å². The van der Waals surface area contributed by atoms with Gasteiger partial charge in [0.2, 0.25) is 0 Å². The first-order chi connectivity index (χ1) is 13.0. The lowest BCUT2D eigenvalue weighted by Gasteiger charge is -2.18. The molecule has 27 heavy (non-hydrogen) atoms. The van der Waals surface area contributed by atoms with Crippen LogP contribution < -0.4 is 5.32 Å². The van der Waals surface area contributed by atoms with E-state index in [0.29, 0.717) is 23.8 Å². The summed E-state index contributed by atoms with van der Waals surface area (Å²) in [5.74, 6) is 1.04. The summed E-state index contributed by atoms with van der Waals surface area (Å²) >= 11 is 0. The number of nitrogens with zero attached hydrogens (tertiary/aromatic N) is 2. The van der Waals surface area contributed by atoms with E-state index in [0.717, 1.165) is 11.3 Å². The minimum Gasteiger partial charge on any atom is -0.340 e. The summed E-state index contributed by atoms with van der Waals surface area (Å²) in [6.07, 6.45) is 1.67. The highest BCUT2D eigenvalue weighted by Crippen LogP contribution is 2.26. The fourth-order valence-electron chi connectivity index (χ4n) is 3.03. The molecule has 1 heterocycles. The van der Waals surface area contributed by atoms with Crippen molar-refractivity contribution in [3.8, 4) is 0 Å². The zero-order valence-corrected chi connectivity index (χ0v) is 16.0. The number of pyridine rings is 1. The van der Waals surface area contributed by atoms with Crippen molar-refractivity contribution in [2.45, 2.75) is 26.3 Å². The average Bonchev–Trinajstić information content (AvgIpc) is 2.68. The molecule has 4 heteroatoms. The molecule has 0 aliphatic heterocycles. The molecule has 0 aliphatic rings. The SMILES string of the molecule is CC(C)c1ccccc1Nc1cc(C(=O)N(C)Cc2ccccc2)ccn1. The van der Waals surface area contributed by atoms with Crippen LogP contribution in [0.4, 0.5) is 11.5 Å². The van der Waals surface area contributed by atoms with Gasteiger partial charge in [0.05, 0.1) is 0 Å². The molecule has 0 aliphatic carbocycles. The van der Waals surface area contributed by atoms with E-state index in [1.54, 1.807) is 23.2 Å².